The van der Waals surface area contributed by atoms with E-state index in [2.05, 4.69) is 10.2 Å². The van der Waals surface area contributed by atoms with E-state index in [1.165, 1.54) is 31.4 Å². The highest BCUT2D eigenvalue weighted by Crippen LogP contribution is 2.21. The predicted octanol–water partition coefficient (Wildman–Crippen LogP) is 3.25. The first-order valence-electron chi connectivity index (χ1n) is 9.77. The molecule has 1 saturated carbocycles. The lowest BCUT2D eigenvalue weighted by molar-refractivity contribution is 0.0195. The van der Waals surface area contributed by atoms with Gasteiger partial charge in [0.2, 0.25) is 0 Å². The Bertz CT molecular complexity index is 569. The molecule has 1 heterocycles. The summed E-state index contributed by atoms with van der Waals surface area (Å²) in [7, 11) is 1.91. The standard InChI is InChI=1S/C20H30FN3O2/c1-23(17-6-3-2-4-7-17)20(25)22-12-5-13-24-14-19(15-24)26-18-10-8-16(21)9-11-18/h8-11,17,19H,2-7,12-15H2,1H3,(H,22,25). The molecule has 5 nitrogen and oxygen atoms in total. The van der Waals surface area contributed by atoms with E-state index in [-0.39, 0.29) is 18.0 Å². The number of carbonyl (C=O) groups is 1. The normalized spacial score (nSPS) is 19.0. The Morgan fingerprint density at radius 2 is 1.92 bits per heavy atom. The summed E-state index contributed by atoms with van der Waals surface area (Å²) in [6, 6.07) is 6.62. The number of hydrogen-bond donors (Lipinski definition) is 1. The number of amides is 2. The van der Waals surface area contributed by atoms with E-state index in [0.717, 1.165) is 38.9 Å². The molecule has 3 rings (SSSR count). The van der Waals surface area contributed by atoms with Crippen molar-refractivity contribution in [1.82, 2.24) is 15.1 Å². The molecule has 1 aliphatic carbocycles. The van der Waals surface area contributed by atoms with Crippen LogP contribution in [-0.4, -0.2) is 61.2 Å². The molecule has 2 amide bonds. The lowest BCUT2D eigenvalue weighted by Crippen LogP contribution is -2.54. The molecule has 2 fully saturated rings. The van der Waals surface area contributed by atoms with Crippen LogP contribution in [0, 0.1) is 5.82 Å². The van der Waals surface area contributed by atoms with Gasteiger partial charge in [0, 0.05) is 39.3 Å². The van der Waals surface area contributed by atoms with Gasteiger partial charge in [0.05, 0.1) is 0 Å². The first-order valence-corrected chi connectivity index (χ1v) is 9.77. The molecule has 0 atom stereocenters. The van der Waals surface area contributed by atoms with Gasteiger partial charge in [0.15, 0.2) is 0 Å². The monoisotopic (exact) mass is 363 g/mol. The summed E-state index contributed by atoms with van der Waals surface area (Å²) in [4.78, 5) is 16.4. The van der Waals surface area contributed by atoms with Crippen LogP contribution in [0.2, 0.25) is 0 Å². The smallest absolute Gasteiger partial charge is 0.317 e. The maximum absolute atomic E-state index is 12.9. The Labute approximate surface area is 155 Å². The van der Waals surface area contributed by atoms with Crippen LogP contribution in [0.3, 0.4) is 0 Å². The molecule has 1 N–H and O–H groups in total. The Morgan fingerprint density at radius 1 is 1.23 bits per heavy atom. The van der Waals surface area contributed by atoms with Crippen LogP contribution in [0.4, 0.5) is 9.18 Å². The van der Waals surface area contributed by atoms with E-state index in [0.29, 0.717) is 18.3 Å². The summed E-state index contributed by atoms with van der Waals surface area (Å²) in [6.07, 6.45) is 7.14. The van der Waals surface area contributed by atoms with E-state index >= 15 is 0 Å². The Morgan fingerprint density at radius 3 is 2.62 bits per heavy atom. The molecule has 26 heavy (non-hydrogen) atoms. The summed E-state index contributed by atoms with van der Waals surface area (Å²) in [5, 5.41) is 3.03. The zero-order valence-corrected chi connectivity index (χ0v) is 15.6. The third-order valence-corrected chi connectivity index (χ3v) is 5.41. The van der Waals surface area contributed by atoms with Gasteiger partial charge in [0.25, 0.3) is 0 Å². The second-order valence-electron chi connectivity index (χ2n) is 7.44. The number of nitrogens with zero attached hydrogens (tertiary/aromatic N) is 2. The zero-order valence-electron chi connectivity index (χ0n) is 15.6. The number of hydrogen-bond acceptors (Lipinski definition) is 3. The average molecular weight is 363 g/mol. The molecule has 6 heteroatoms. The number of halogens is 1. The molecular weight excluding hydrogens is 333 g/mol. The summed E-state index contributed by atoms with van der Waals surface area (Å²) in [5.74, 6) is 0.470. The predicted molar refractivity (Wildman–Crippen MR) is 99.9 cm³/mol. The summed E-state index contributed by atoms with van der Waals surface area (Å²) in [6.45, 7) is 3.42. The molecule has 1 aliphatic heterocycles. The largest absolute Gasteiger partial charge is 0.488 e. The SMILES string of the molecule is CN(C(=O)NCCCN1CC(Oc2ccc(F)cc2)C1)C1CCCCC1. The minimum absolute atomic E-state index is 0.0537. The number of rotatable bonds is 7. The van der Waals surface area contributed by atoms with Gasteiger partial charge in [0.1, 0.15) is 17.7 Å². The van der Waals surface area contributed by atoms with Crippen LogP contribution < -0.4 is 10.1 Å². The fourth-order valence-electron chi connectivity index (χ4n) is 3.74. The van der Waals surface area contributed by atoms with Crippen molar-refractivity contribution in [3.05, 3.63) is 30.1 Å². The van der Waals surface area contributed by atoms with E-state index in [1.807, 2.05) is 11.9 Å². The molecular formula is C20H30FN3O2. The second-order valence-corrected chi connectivity index (χ2v) is 7.44. The van der Waals surface area contributed by atoms with Crippen LogP contribution in [0.5, 0.6) is 5.75 Å². The van der Waals surface area contributed by atoms with Gasteiger partial charge >= 0.3 is 6.03 Å². The molecule has 0 bridgehead atoms. The summed E-state index contributed by atoms with van der Waals surface area (Å²) < 4.78 is 18.7. The van der Waals surface area contributed by atoms with Crippen molar-refractivity contribution < 1.29 is 13.9 Å². The highest BCUT2D eigenvalue weighted by molar-refractivity contribution is 5.74. The quantitative estimate of drug-likeness (QED) is 0.757. The van der Waals surface area contributed by atoms with Gasteiger partial charge in [-0.2, -0.15) is 0 Å². The highest BCUT2D eigenvalue weighted by atomic mass is 19.1. The van der Waals surface area contributed by atoms with E-state index in [4.69, 9.17) is 4.74 Å². The average Bonchev–Trinajstić information content (AvgIpc) is 2.64. The Hall–Kier alpha value is -1.82. The lowest BCUT2D eigenvalue weighted by Gasteiger charge is -2.39. The van der Waals surface area contributed by atoms with Crippen LogP contribution in [0.25, 0.3) is 0 Å². The van der Waals surface area contributed by atoms with Gasteiger partial charge in [-0.3, -0.25) is 4.90 Å². The molecule has 0 unspecified atom stereocenters. The maximum Gasteiger partial charge on any atom is 0.317 e. The van der Waals surface area contributed by atoms with Gasteiger partial charge in [-0.25, -0.2) is 9.18 Å². The van der Waals surface area contributed by atoms with Crippen molar-refractivity contribution in [3.8, 4) is 5.75 Å². The number of benzene rings is 1. The molecule has 1 aromatic rings. The van der Waals surface area contributed by atoms with E-state index < -0.39 is 0 Å². The molecule has 2 aliphatic rings. The number of nitrogens with one attached hydrogen (secondary N) is 1. The minimum atomic E-state index is -0.247. The summed E-state index contributed by atoms with van der Waals surface area (Å²) >= 11 is 0. The first-order chi connectivity index (χ1) is 12.6. The van der Waals surface area contributed by atoms with Crippen LogP contribution in [-0.2, 0) is 0 Å². The first kappa shape index (κ1) is 19.0. The molecule has 144 valence electrons. The van der Waals surface area contributed by atoms with Crippen LogP contribution in [0.15, 0.2) is 24.3 Å². The number of ether oxygens (including phenoxy) is 1. The van der Waals surface area contributed by atoms with E-state index in [1.54, 1.807) is 12.1 Å². The molecule has 1 saturated heterocycles. The second kappa shape index (κ2) is 9.21. The van der Waals surface area contributed by atoms with Crippen LogP contribution in [0.1, 0.15) is 38.5 Å². The number of likely N-dealkylation sites (tertiary alicyclic amines) is 1. The zero-order chi connectivity index (χ0) is 18.4. The van der Waals surface area contributed by atoms with Crippen molar-refractivity contribution in [3.63, 3.8) is 0 Å². The number of carbonyl (C=O) groups excluding carboxylic acids is 1. The maximum atomic E-state index is 12.9. The minimum Gasteiger partial charge on any atom is -0.488 e. The fourth-order valence-corrected chi connectivity index (χ4v) is 3.74. The fraction of sp³-hybridized carbons (Fsp3) is 0.650. The Kier molecular flexibility index (Phi) is 6.72. The van der Waals surface area contributed by atoms with Crippen molar-refractivity contribution in [2.45, 2.75) is 50.7 Å². The third-order valence-electron chi connectivity index (χ3n) is 5.41. The topological polar surface area (TPSA) is 44.8 Å². The van der Waals surface area contributed by atoms with Crippen molar-refractivity contribution in [1.29, 1.82) is 0 Å². The number of urea groups is 1. The van der Waals surface area contributed by atoms with Gasteiger partial charge in [-0.1, -0.05) is 19.3 Å². The van der Waals surface area contributed by atoms with Crippen LogP contribution >= 0.6 is 0 Å². The lowest BCUT2D eigenvalue weighted by atomic mass is 9.95. The third kappa shape index (κ3) is 5.34. The van der Waals surface area contributed by atoms with Crippen molar-refractivity contribution in [2.75, 3.05) is 33.2 Å². The van der Waals surface area contributed by atoms with Crippen molar-refractivity contribution >= 4 is 6.03 Å². The van der Waals surface area contributed by atoms with Gasteiger partial charge < -0.3 is 15.0 Å². The van der Waals surface area contributed by atoms with E-state index in [9.17, 15) is 9.18 Å². The molecule has 0 aromatic heterocycles. The Balaban J connectivity index is 1.24. The van der Waals surface area contributed by atoms with Gasteiger partial charge in [-0.15, -0.1) is 0 Å². The molecule has 0 spiro atoms. The summed E-state index contributed by atoms with van der Waals surface area (Å²) in [5.41, 5.74) is 0. The highest BCUT2D eigenvalue weighted by Gasteiger charge is 2.28. The molecule has 0 radical (unpaired) electrons. The van der Waals surface area contributed by atoms with Crippen molar-refractivity contribution in [2.24, 2.45) is 0 Å². The molecule has 1 aromatic carbocycles. The van der Waals surface area contributed by atoms with Gasteiger partial charge in [-0.05, 0) is 43.5 Å².